The number of urea groups is 1. The first-order valence-electron chi connectivity index (χ1n) is 14.3. The average Bonchev–Trinajstić information content (AvgIpc) is 3.41. The van der Waals surface area contributed by atoms with Crippen LogP contribution in [-0.4, -0.2) is 65.2 Å². The van der Waals surface area contributed by atoms with E-state index in [2.05, 4.69) is 20.5 Å². The Balaban J connectivity index is 1.30. The van der Waals surface area contributed by atoms with Gasteiger partial charge in [0.1, 0.15) is 11.9 Å². The van der Waals surface area contributed by atoms with Crippen LogP contribution in [0.4, 0.5) is 14.9 Å². The van der Waals surface area contributed by atoms with Crippen molar-refractivity contribution in [3.8, 4) is 0 Å². The van der Waals surface area contributed by atoms with E-state index in [1.165, 1.54) is 12.1 Å². The molecule has 3 N–H and O–H groups in total. The number of fused-ring (bicyclic) bond motifs is 1. The standard InChI is InChI=1S/C33H38FN5O2S/c1-22(29-20-35-30-10-5-4-9-28(29)30)31(32(40)36-25-8-6-7-23(19-25)21-38(2)3)37-33(41)39-17-15-27(16-18-39)42-26-13-11-24(34)12-14-26/h4-14,19-20,22,27,31,35H,15-18,21H2,1-3H3,(H,36,40)(H,37,41)/t22-,31-/m1/s1. The smallest absolute Gasteiger partial charge is 0.318 e. The molecule has 0 saturated carbocycles. The fourth-order valence-electron chi connectivity index (χ4n) is 5.51. The molecule has 1 aromatic heterocycles. The summed E-state index contributed by atoms with van der Waals surface area (Å²) in [6, 6.07) is 21.3. The zero-order valence-electron chi connectivity index (χ0n) is 24.3. The molecule has 0 spiro atoms. The molecule has 4 aromatic rings. The Bertz CT molecular complexity index is 1510. The van der Waals surface area contributed by atoms with Crippen molar-refractivity contribution in [2.24, 2.45) is 0 Å². The molecule has 5 rings (SSSR count). The summed E-state index contributed by atoms with van der Waals surface area (Å²) in [5, 5.41) is 7.52. The Labute approximate surface area is 250 Å². The first kappa shape index (κ1) is 29.7. The minimum atomic E-state index is -0.791. The second-order valence-corrected chi connectivity index (χ2v) is 12.6. The first-order valence-corrected chi connectivity index (χ1v) is 15.2. The monoisotopic (exact) mass is 587 g/mol. The summed E-state index contributed by atoms with van der Waals surface area (Å²) in [6.45, 7) is 3.92. The number of anilines is 1. The van der Waals surface area contributed by atoms with Gasteiger partial charge in [-0.05, 0) is 80.5 Å². The van der Waals surface area contributed by atoms with Crippen molar-refractivity contribution >= 4 is 40.3 Å². The Morgan fingerprint density at radius 3 is 2.52 bits per heavy atom. The van der Waals surface area contributed by atoms with E-state index in [0.29, 0.717) is 24.0 Å². The molecule has 0 unspecified atom stereocenters. The molecule has 1 saturated heterocycles. The fraction of sp³-hybridized carbons (Fsp3) is 0.333. The Kier molecular flexibility index (Phi) is 9.49. The topological polar surface area (TPSA) is 80.5 Å². The van der Waals surface area contributed by atoms with E-state index in [0.717, 1.165) is 46.3 Å². The normalized spacial score (nSPS) is 15.5. The minimum Gasteiger partial charge on any atom is -0.361 e. The van der Waals surface area contributed by atoms with Crippen LogP contribution in [0.5, 0.6) is 0 Å². The number of para-hydroxylation sites is 1. The zero-order chi connectivity index (χ0) is 29.6. The van der Waals surface area contributed by atoms with Crippen molar-refractivity contribution in [1.29, 1.82) is 0 Å². The van der Waals surface area contributed by atoms with Gasteiger partial charge in [0.15, 0.2) is 0 Å². The lowest BCUT2D eigenvalue weighted by Gasteiger charge is -2.34. The number of nitrogens with one attached hydrogen (secondary N) is 3. The average molecular weight is 588 g/mol. The number of carbonyl (C=O) groups is 2. The maximum Gasteiger partial charge on any atom is 0.318 e. The SMILES string of the molecule is C[C@H](c1c[nH]c2ccccc12)[C@@H](NC(=O)N1CCC(Sc2ccc(F)cc2)CC1)C(=O)Nc1cccc(CN(C)C)c1. The van der Waals surface area contributed by atoms with Crippen molar-refractivity contribution < 1.29 is 14.0 Å². The molecule has 1 aliphatic rings. The number of likely N-dealkylation sites (tertiary alicyclic amines) is 1. The van der Waals surface area contributed by atoms with E-state index in [4.69, 9.17) is 0 Å². The maximum atomic E-state index is 13.8. The van der Waals surface area contributed by atoms with Crippen LogP contribution in [0.25, 0.3) is 10.9 Å². The molecule has 42 heavy (non-hydrogen) atoms. The van der Waals surface area contributed by atoms with Gasteiger partial charge in [-0.15, -0.1) is 11.8 Å². The number of carbonyl (C=O) groups excluding carboxylic acids is 2. The van der Waals surface area contributed by atoms with Crippen LogP contribution >= 0.6 is 11.8 Å². The van der Waals surface area contributed by atoms with Gasteiger partial charge in [0, 0.05) is 58.5 Å². The highest BCUT2D eigenvalue weighted by Crippen LogP contribution is 2.31. The summed E-state index contributed by atoms with van der Waals surface area (Å²) in [4.78, 5) is 35.6. The first-order chi connectivity index (χ1) is 20.3. The van der Waals surface area contributed by atoms with Crippen LogP contribution in [0.1, 0.15) is 36.8 Å². The second kappa shape index (κ2) is 13.4. The lowest BCUT2D eigenvalue weighted by Crippen LogP contribution is -2.53. The number of amides is 3. The maximum absolute atomic E-state index is 13.8. The highest BCUT2D eigenvalue weighted by Gasteiger charge is 2.32. The molecule has 0 aliphatic carbocycles. The number of rotatable bonds is 9. The van der Waals surface area contributed by atoms with Gasteiger partial charge in [0.05, 0.1) is 0 Å². The number of aromatic amines is 1. The molecule has 3 aromatic carbocycles. The van der Waals surface area contributed by atoms with Crippen molar-refractivity contribution in [3.63, 3.8) is 0 Å². The highest BCUT2D eigenvalue weighted by molar-refractivity contribution is 8.00. The van der Waals surface area contributed by atoms with E-state index >= 15 is 0 Å². The number of benzene rings is 3. The van der Waals surface area contributed by atoms with Gasteiger partial charge >= 0.3 is 6.03 Å². The Morgan fingerprint density at radius 1 is 1.05 bits per heavy atom. The molecular weight excluding hydrogens is 549 g/mol. The zero-order valence-corrected chi connectivity index (χ0v) is 25.1. The van der Waals surface area contributed by atoms with E-state index in [1.807, 2.05) is 75.7 Å². The number of H-pyrrole nitrogens is 1. The highest BCUT2D eigenvalue weighted by atomic mass is 32.2. The van der Waals surface area contributed by atoms with Crippen molar-refractivity contribution in [3.05, 3.63) is 95.9 Å². The van der Waals surface area contributed by atoms with Gasteiger partial charge in [0.2, 0.25) is 5.91 Å². The summed E-state index contributed by atoms with van der Waals surface area (Å²) in [5.41, 5.74) is 3.75. The molecule has 7 nitrogen and oxygen atoms in total. The van der Waals surface area contributed by atoms with E-state index in [-0.39, 0.29) is 23.7 Å². The molecule has 2 heterocycles. The summed E-state index contributed by atoms with van der Waals surface area (Å²) in [6.07, 6.45) is 3.57. The van der Waals surface area contributed by atoms with Crippen molar-refractivity contribution in [2.45, 2.75) is 48.4 Å². The third-order valence-electron chi connectivity index (χ3n) is 7.71. The van der Waals surface area contributed by atoms with E-state index in [1.54, 1.807) is 28.8 Å². The second-order valence-electron chi connectivity index (χ2n) is 11.2. The Hall–Kier alpha value is -3.82. The number of nitrogens with zero attached hydrogens (tertiary/aromatic N) is 2. The van der Waals surface area contributed by atoms with Crippen LogP contribution in [-0.2, 0) is 11.3 Å². The van der Waals surface area contributed by atoms with Crippen molar-refractivity contribution in [1.82, 2.24) is 20.1 Å². The lowest BCUT2D eigenvalue weighted by molar-refractivity contribution is -0.118. The predicted octanol–water partition coefficient (Wildman–Crippen LogP) is 6.45. The lowest BCUT2D eigenvalue weighted by atomic mass is 9.92. The van der Waals surface area contributed by atoms with E-state index < -0.39 is 6.04 Å². The van der Waals surface area contributed by atoms with Crippen LogP contribution in [0.3, 0.4) is 0 Å². The summed E-state index contributed by atoms with van der Waals surface area (Å²) < 4.78 is 13.3. The fourth-order valence-corrected chi connectivity index (χ4v) is 6.63. The number of piperidine rings is 1. The predicted molar refractivity (Wildman–Crippen MR) is 168 cm³/mol. The molecule has 1 fully saturated rings. The molecule has 220 valence electrons. The van der Waals surface area contributed by atoms with Crippen molar-refractivity contribution in [2.75, 3.05) is 32.5 Å². The number of hydrogen-bond acceptors (Lipinski definition) is 4. The largest absolute Gasteiger partial charge is 0.361 e. The molecule has 0 bridgehead atoms. The van der Waals surface area contributed by atoms with Crippen LogP contribution in [0.15, 0.2) is 83.9 Å². The van der Waals surface area contributed by atoms with Gasteiger partial charge in [-0.25, -0.2) is 9.18 Å². The van der Waals surface area contributed by atoms with Crippen LogP contribution in [0, 0.1) is 5.82 Å². The molecule has 1 aliphatic heterocycles. The van der Waals surface area contributed by atoms with Gasteiger partial charge in [-0.1, -0.05) is 37.3 Å². The number of hydrogen-bond donors (Lipinski definition) is 3. The third-order valence-corrected chi connectivity index (χ3v) is 9.06. The number of thioether (sulfide) groups is 1. The molecule has 0 radical (unpaired) electrons. The minimum absolute atomic E-state index is 0.242. The number of halogens is 1. The number of aromatic nitrogens is 1. The van der Waals surface area contributed by atoms with E-state index in [9.17, 15) is 14.0 Å². The third kappa shape index (κ3) is 7.33. The molecule has 3 amide bonds. The van der Waals surface area contributed by atoms with Gasteiger partial charge < -0.3 is 25.4 Å². The summed E-state index contributed by atoms with van der Waals surface area (Å²) in [7, 11) is 4.01. The molecular formula is C33H38FN5O2S. The summed E-state index contributed by atoms with van der Waals surface area (Å²) >= 11 is 1.72. The summed E-state index contributed by atoms with van der Waals surface area (Å²) in [5.74, 6) is -0.793. The van der Waals surface area contributed by atoms with Gasteiger partial charge in [-0.2, -0.15) is 0 Å². The quantitative estimate of drug-likeness (QED) is 0.210. The van der Waals surface area contributed by atoms with Crippen LogP contribution in [0.2, 0.25) is 0 Å². The van der Waals surface area contributed by atoms with Gasteiger partial charge in [0.25, 0.3) is 0 Å². The van der Waals surface area contributed by atoms with Gasteiger partial charge in [-0.3, -0.25) is 4.79 Å². The molecule has 9 heteroatoms. The molecule has 2 atom stereocenters. The van der Waals surface area contributed by atoms with Crippen LogP contribution < -0.4 is 10.6 Å². The Morgan fingerprint density at radius 2 is 1.79 bits per heavy atom.